The first kappa shape index (κ1) is 19.1. The zero-order valence-corrected chi connectivity index (χ0v) is 16.7. The van der Waals surface area contributed by atoms with Gasteiger partial charge in [-0.15, -0.1) is 0 Å². The molecule has 0 fully saturated rings. The Hall–Kier alpha value is -3.19. The summed E-state index contributed by atoms with van der Waals surface area (Å²) < 4.78 is 46.4. The fourth-order valence-electron chi connectivity index (χ4n) is 3.06. The summed E-state index contributed by atoms with van der Waals surface area (Å²) in [6, 6.07) is 19.4. The van der Waals surface area contributed by atoms with Gasteiger partial charge in [-0.2, -0.15) is 18.2 Å². The maximum atomic E-state index is 13.3. The van der Waals surface area contributed by atoms with E-state index < -0.39 is 15.9 Å². The first-order chi connectivity index (χ1) is 13.8. The summed E-state index contributed by atoms with van der Waals surface area (Å²) in [6.45, 7) is 3.89. The standard InChI is InChI=1S/C22H19FN2O3S/c1-15(2)20-14-22(25(24-20)18-12-10-17(23)11-13-18)28-29(26,27)21-9-5-7-16-6-3-4-8-19(16)21/h3-15H,1-2H3. The lowest BCUT2D eigenvalue weighted by atomic mass is 10.1. The highest BCUT2D eigenvalue weighted by Crippen LogP contribution is 2.29. The number of hydrogen-bond donors (Lipinski definition) is 0. The average Bonchev–Trinajstić information content (AvgIpc) is 3.11. The second kappa shape index (κ2) is 7.33. The van der Waals surface area contributed by atoms with E-state index in [1.54, 1.807) is 24.3 Å². The molecule has 5 nitrogen and oxygen atoms in total. The first-order valence-corrected chi connectivity index (χ1v) is 10.5. The number of nitrogens with zero attached hydrogens (tertiary/aromatic N) is 2. The van der Waals surface area contributed by atoms with Gasteiger partial charge in [-0.3, -0.25) is 0 Å². The van der Waals surface area contributed by atoms with Gasteiger partial charge in [0.15, 0.2) is 0 Å². The number of fused-ring (bicyclic) bond motifs is 1. The Morgan fingerprint density at radius 2 is 1.66 bits per heavy atom. The van der Waals surface area contributed by atoms with E-state index >= 15 is 0 Å². The molecule has 0 radical (unpaired) electrons. The number of benzene rings is 3. The Morgan fingerprint density at radius 1 is 0.966 bits per heavy atom. The molecule has 7 heteroatoms. The van der Waals surface area contributed by atoms with Crippen LogP contribution in [0.15, 0.2) is 77.7 Å². The molecule has 0 aliphatic carbocycles. The minimum absolute atomic E-state index is 0.0493. The molecule has 29 heavy (non-hydrogen) atoms. The van der Waals surface area contributed by atoms with Gasteiger partial charge in [0.05, 0.1) is 11.4 Å². The van der Waals surface area contributed by atoms with Crippen molar-refractivity contribution in [3.63, 3.8) is 0 Å². The molecule has 0 bridgehead atoms. The van der Waals surface area contributed by atoms with E-state index in [2.05, 4.69) is 5.10 Å². The van der Waals surface area contributed by atoms with Crippen LogP contribution in [0.4, 0.5) is 4.39 Å². The molecule has 3 aromatic carbocycles. The van der Waals surface area contributed by atoms with E-state index in [0.717, 1.165) is 5.39 Å². The SMILES string of the molecule is CC(C)c1cc(OS(=O)(=O)c2cccc3ccccc23)n(-c2ccc(F)cc2)n1. The van der Waals surface area contributed by atoms with E-state index in [-0.39, 0.29) is 16.7 Å². The van der Waals surface area contributed by atoms with Gasteiger partial charge < -0.3 is 4.18 Å². The van der Waals surface area contributed by atoms with E-state index in [1.807, 2.05) is 32.0 Å². The Balaban J connectivity index is 1.81. The van der Waals surface area contributed by atoms with Crippen molar-refractivity contribution in [2.75, 3.05) is 0 Å². The van der Waals surface area contributed by atoms with Crippen molar-refractivity contribution in [2.24, 2.45) is 0 Å². The molecule has 0 spiro atoms. The fourth-order valence-corrected chi connectivity index (χ4v) is 4.19. The second-order valence-electron chi connectivity index (χ2n) is 6.97. The van der Waals surface area contributed by atoms with Gasteiger partial charge in [-0.1, -0.05) is 50.2 Å². The molecule has 0 saturated heterocycles. The Kier molecular flexibility index (Phi) is 4.84. The largest absolute Gasteiger partial charge is 0.358 e. The first-order valence-electron chi connectivity index (χ1n) is 9.13. The average molecular weight is 410 g/mol. The Labute approximate surface area is 168 Å². The molecular weight excluding hydrogens is 391 g/mol. The van der Waals surface area contributed by atoms with Gasteiger partial charge in [0, 0.05) is 11.5 Å². The van der Waals surface area contributed by atoms with Crippen LogP contribution < -0.4 is 4.18 Å². The molecule has 1 heterocycles. The molecule has 0 aliphatic heterocycles. The van der Waals surface area contributed by atoms with Gasteiger partial charge in [0.1, 0.15) is 10.7 Å². The van der Waals surface area contributed by atoms with Crippen LogP contribution in [0.25, 0.3) is 16.5 Å². The third-order valence-electron chi connectivity index (χ3n) is 4.57. The van der Waals surface area contributed by atoms with Gasteiger partial charge >= 0.3 is 10.1 Å². The van der Waals surface area contributed by atoms with Crippen molar-refractivity contribution >= 4 is 20.9 Å². The molecule has 1 aromatic heterocycles. The van der Waals surface area contributed by atoms with E-state index in [0.29, 0.717) is 16.8 Å². The summed E-state index contributed by atoms with van der Waals surface area (Å²) in [7, 11) is -4.13. The van der Waals surface area contributed by atoms with Crippen molar-refractivity contribution in [2.45, 2.75) is 24.7 Å². The normalized spacial score (nSPS) is 11.9. The lowest BCUT2D eigenvalue weighted by molar-refractivity contribution is 0.465. The van der Waals surface area contributed by atoms with Crippen LogP contribution in [-0.2, 0) is 10.1 Å². The lowest BCUT2D eigenvalue weighted by Crippen LogP contribution is -2.13. The predicted octanol–water partition coefficient (Wildman–Crippen LogP) is 5.06. The van der Waals surface area contributed by atoms with Gasteiger partial charge in [-0.25, -0.2) is 4.39 Å². The van der Waals surface area contributed by atoms with Gasteiger partial charge in [-0.05, 0) is 41.6 Å². The molecule has 4 aromatic rings. The summed E-state index contributed by atoms with van der Waals surface area (Å²) in [5.74, 6) is -0.289. The quantitative estimate of drug-likeness (QED) is 0.432. The topological polar surface area (TPSA) is 61.2 Å². The van der Waals surface area contributed by atoms with Gasteiger partial charge in [0.25, 0.3) is 0 Å². The van der Waals surface area contributed by atoms with Crippen LogP contribution in [-0.4, -0.2) is 18.2 Å². The van der Waals surface area contributed by atoms with Crippen LogP contribution in [0, 0.1) is 5.82 Å². The summed E-state index contributed by atoms with van der Waals surface area (Å²) in [6.07, 6.45) is 0. The number of hydrogen-bond acceptors (Lipinski definition) is 4. The highest BCUT2D eigenvalue weighted by atomic mass is 32.2. The van der Waals surface area contributed by atoms with Crippen molar-refractivity contribution in [3.05, 3.63) is 84.3 Å². The summed E-state index contributed by atoms with van der Waals surface area (Å²) >= 11 is 0. The van der Waals surface area contributed by atoms with E-state index in [1.165, 1.54) is 35.0 Å². The number of halogens is 1. The van der Waals surface area contributed by atoms with Crippen molar-refractivity contribution in [1.29, 1.82) is 0 Å². The second-order valence-corrected chi connectivity index (χ2v) is 8.48. The maximum Gasteiger partial charge on any atom is 0.341 e. The molecule has 148 valence electrons. The smallest absolute Gasteiger partial charge is 0.341 e. The maximum absolute atomic E-state index is 13.3. The number of aromatic nitrogens is 2. The fraction of sp³-hybridized carbons (Fsp3) is 0.136. The summed E-state index contributed by atoms with van der Waals surface area (Å²) in [4.78, 5) is 0.0774. The molecule has 0 saturated carbocycles. The Morgan fingerprint density at radius 3 is 2.38 bits per heavy atom. The summed E-state index contributed by atoms with van der Waals surface area (Å²) in [5.41, 5.74) is 1.17. The Bertz CT molecular complexity index is 1270. The highest BCUT2D eigenvalue weighted by Gasteiger charge is 2.23. The number of rotatable bonds is 5. The third-order valence-corrected chi connectivity index (χ3v) is 5.86. The molecule has 0 N–H and O–H groups in total. The molecular formula is C22H19FN2O3S. The summed E-state index contributed by atoms with van der Waals surface area (Å²) in [5, 5.41) is 5.83. The molecule has 0 aliphatic rings. The van der Waals surface area contributed by atoms with E-state index in [4.69, 9.17) is 4.18 Å². The van der Waals surface area contributed by atoms with E-state index in [9.17, 15) is 12.8 Å². The zero-order chi connectivity index (χ0) is 20.6. The zero-order valence-electron chi connectivity index (χ0n) is 15.9. The van der Waals surface area contributed by atoms with Crippen LogP contribution in [0.3, 0.4) is 0 Å². The van der Waals surface area contributed by atoms with Crippen LogP contribution in [0.5, 0.6) is 5.88 Å². The predicted molar refractivity (Wildman–Crippen MR) is 109 cm³/mol. The van der Waals surface area contributed by atoms with Crippen LogP contribution in [0.1, 0.15) is 25.5 Å². The highest BCUT2D eigenvalue weighted by molar-refractivity contribution is 7.87. The molecule has 0 amide bonds. The minimum atomic E-state index is -4.13. The van der Waals surface area contributed by atoms with Gasteiger partial charge in [0.2, 0.25) is 5.88 Å². The molecule has 0 unspecified atom stereocenters. The minimum Gasteiger partial charge on any atom is -0.358 e. The van der Waals surface area contributed by atoms with Crippen molar-refractivity contribution in [3.8, 4) is 11.6 Å². The van der Waals surface area contributed by atoms with Crippen LogP contribution >= 0.6 is 0 Å². The van der Waals surface area contributed by atoms with Crippen molar-refractivity contribution < 1.29 is 17.0 Å². The third kappa shape index (κ3) is 3.73. The van der Waals surface area contributed by atoms with Crippen LogP contribution in [0.2, 0.25) is 0 Å². The van der Waals surface area contributed by atoms with Crippen molar-refractivity contribution in [1.82, 2.24) is 9.78 Å². The monoisotopic (exact) mass is 410 g/mol. The molecule has 0 atom stereocenters. The molecule has 4 rings (SSSR count). The lowest BCUT2D eigenvalue weighted by Gasteiger charge is -2.11.